The minimum atomic E-state index is -0.357. The van der Waals surface area contributed by atoms with Crippen LogP contribution >= 0.6 is 11.8 Å². The molecule has 3 aliphatic rings. The smallest absolute Gasteiger partial charge is 0.229 e. The summed E-state index contributed by atoms with van der Waals surface area (Å²) in [4.78, 5) is 26.5. The zero-order chi connectivity index (χ0) is 20.9. The van der Waals surface area contributed by atoms with Gasteiger partial charge in [-0.25, -0.2) is 0 Å². The summed E-state index contributed by atoms with van der Waals surface area (Å²) in [7, 11) is 0. The minimum absolute atomic E-state index is 0.00934. The molecule has 2 heterocycles. The Morgan fingerprint density at radius 2 is 1.90 bits per heavy atom. The van der Waals surface area contributed by atoms with Crippen molar-refractivity contribution >= 4 is 23.5 Å². The van der Waals surface area contributed by atoms with E-state index in [4.69, 9.17) is 0 Å². The van der Waals surface area contributed by atoms with Crippen molar-refractivity contribution in [2.45, 2.75) is 70.3 Å². The molecule has 0 bridgehead atoms. The first kappa shape index (κ1) is 20.5. The molecule has 1 aliphatic carbocycles. The largest absolute Gasteiger partial charge is 0.372 e. The normalized spacial score (nSPS) is 31.1. The van der Waals surface area contributed by atoms with Gasteiger partial charge in [0.05, 0.1) is 12.1 Å². The van der Waals surface area contributed by atoms with Crippen LogP contribution in [0.3, 0.4) is 0 Å². The fourth-order valence-corrected chi connectivity index (χ4v) is 5.89. The van der Waals surface area contributed by atoms with Gasteiger partial charge in [0.15, 0.2) is 5.78 Å². The molecular formula is C23H31N3O2S. The highest BCUT2D eigenvalue weighted by Gasteiger charge is 2.50. The van der Waals surface area contributed by atoms with Gasteiger partial charge in [-0.1, -0.05) is 57.5 Å². The Bertz CT molecular complexity index is 877. The fraction of sp³-hybridized carbons (Fsp3) is 0.565. The van der Waals surface area contributed by atoms with Crippen LogP contribution < -0.4 is 16.0 Å². The van der Waals surface area contributed by atoms with Gasteiger partial charge in [0, 0.05) is 28.9 Å². The minimum Gasteiger partial charge on any atom is -0.372 e. The van der Waals surface area contributed by atoms with E-state index in [2.05, 4.69) is 68.8 Å². The van der Waals surface area contributed by atoms with Crippen LogP contribution in [0.25, 0.3) is 0 Å². The lowest BCUT2D eigenvalue weighted by atomic mass is 9.66. The summed E-state index contributed by atoms with van der Waals surface area (Å²) in [5, 5.41) is 10.7. The Morgan fingerprint density at radius 3 is 2.59 bits per heavy atom. The zero-order valence-corrected chi connectivity index (χ0v) is 18.7. The molecule has 0 saturated carbocycles. The third-order valence-corrected chi connectivity index (χ3v) is 7.07. The highest BCUT2D eigenvalue weighted by atomic mass is 32.2. The number of benzene rings is 1. The van der Waals surface area contributed by atoms with Gasteiger partial charge in [0.2, 0.25) is 5.91 Å². The summed E-state index contributed by atoms with van der Waals surface area (Å²) in [6.45, 7) is 10.6. The van der Waals surface area contributed by atoms with Gasteiger partial charge in [-0.05, 0) is 24.3 Å². The molecule has 156 valence electrons. The molecule has 4 atom stereocenters. The molecular weight excluding hydrogens is 382 g/mol. The van der Waals surface area contributed by atoms with E-state index in [0.717, 1.165) is 28.8 Å². The monoisotopic (exact) mass is 413 g/mol. The number of amides is 1. The van der Waals surface area contributed by atoms with E-state index in [-0.39, 0.29) is 40.6 Å². The van der Waals surface area contributed by atoms with Crippen LogP contribution in [-0.4, -0.2) is 28.6 Å². The molecule has 1 aromatic carbocycles. The first-order valence-electron chi connectivity index (χ1n) is 10.5. The van der Waals surface area contributed by atoms with Crippen LogP contribution in [0, 0.1) is 18.3 Å². The van der Waals surface area contributed by atoms with Gasteiger partial charge in [0.1, 0.15) is 5.50 Å². The lowest BCUT2D eigenvalue weighted by Crippen LogP contribution is -2.68. The Labute approximate surface area is 177 Å². The van der Waals surface area contributed by atoms with Crippen molar-refractivity contribution in [3.63, 3.8) is 0 Å². The third kappa shape index (κ3) is 3.97. The van der Waals surface area contributed by atoms with Crippen molar-refractivity contribution in [1.29, 1.82) is 0 Å². The second-order valence-corrected chi connectivity index (χ2v) is 11.3. The SMILES string of the molecule is Cc1cccc(C2C3=C(CC(C)(C)CC3=O)NC3NC(SC(C)C)NC(=O)C32)c1. The van der Waals surface area contributed by atoms with Crippen LogP contribution in [0.15, 0.2) is 35.5 Å². The maximum absolute atomic E-state index is 13.3. The molecule has 0 spiro atoms. The molecule has 1 aromatic rings. The van der Waals surface area contributed by atoms with Gasteiger partial charge in [-0.15, -0.1) is 11.8 Å². The summed E-state index contributed by atoms with van der Waals surface area (Å²) < 4.78 is 0. The van der Waals surface area contributed by atoms with Crippen molar-refractivity contribution in [3.05, 3.63) is 46.7 Å². The molecule has 0 radical (unpaired) electrons. The molecule has 1 saturated heterocycles. The second-order valence-electron chi connectivity index (χ2n) is 9.61. The molecule has 4 rings (SSSR count). The molecule has 4 unspecified atom stereocenters. The van der Waals surface area contributed by atoms with Gasteiger partial charge in [-0.2, -0.15) is 0 Å². The van der Waals surface area contributed by atoms with Crippen LogP contribution in [-0.2, 0) is 9.59 Å². The second kappa shape index (κ2) is 7.47. The number of ketones is 1. The van der Waals surface area contributed by atoms with Crippen molar-refractivity contribution in [2.75, 3.05) is 0 Å². The van der Waals surface area contributed by atoms with Crippen molar-refractivity contribution < 1.29 is 9.59 Å². The van der Waals surface area contributed by atoms with Crippen LogP contribution in [0.4, 0.5) is 0 Å². The van der Waals surface area contributed by atoms with Crippen molar-refractivity contribution in [3.8, 4) is 0 Å². The van der Waals surface area contributed by atoms with Gasteiger partial charge in [-0.3, -0.25) is 14.9 Å². The summed E-state index contributed by atoms with van der Waals surface area (Å²) in [5.74, 6) is -0.405. The van der Waals surface area contributed by atoms with Crippen LogP contribution in [0.2, 0.25) is 0 Å². The lowest BCUT2D eigenvalue weighted by molar-refractivity contribution is -0.130. The zero-order valence-electron chi connectivity index (χ0n) is 17.8. The number of hydrogen-bond donors (Lipinski definition) is 3. The first-order valence-corrected chi connectivity index (χ1v) is 11.4. The number of aryl methyl sites for hydroxylation is 1. The molecule has 6 heteroatoms. The van der Waals surface area contributed by atoms with E-state index >= 15 is 0 Å². The molecule has 5 nitrogen and oxygen atoms in total. The maximum Gasteiger partial charge on any atom is 0.229 e. The van der Waals surface area contributed by atoms with E-state index < -0.39 is 0 Å². The summed E-state index contributed by atoms with van der Waals surface area (Å²) in [6.07, 6.45) is 1.16. The van der Waals surface area contributed by atoms with Crippen LogP contribution in [0.5, 0.6) is 0 Å². The number of carbonyl (C=O) groups excluding carboxylic acids is 2. The fourth-order valence-electron chi connectivity index (χ4n) is 4.94. The molecule has 2 aliphatic heterocycles. The summed E-state index contributed by atoms with van der Waals surface area (Å²) in [5.41, 5.74) is 3.80. The number of thioether (sulfide) groups is 1. The average Bonchev–Trinajstić information content (AvgIpc) is 2.58. The number of carbonyl (C=O) groups is 2. The van der Waals surface area contributed by atoms with Gasteiger partial charge < -0.3 is 10.6 Å². The predicted octanol–water partition coefficient (Wildman–Crippen LogP) is 3.41. The van der Waals surface area contributed by atoms with E-state index in [1.165, 1.54) is 0 Å². The Hall–Kier alpha value is -1.79. The van der Waals surface area contributed by atoms with Crippen molar-refractivity contribution in [1.82, 2.24) is 16.0 Å². The highest BCUT2D eigenvalue weighted by molar-refractivity contribution is 8.00. The van der Waals surface area contributed by atoms with E-state index in [1.807, 2.05) is 6.07 Å². The topological polar surface area (TPSA) is 70.2 Å². The third-order valence-electron chi connectivity index (χ3n) is 6.00. The molecule has 1 fully saturated rings. The molecule has 0 aromatic heterocycles. The van der Waals surface area contributed by atoms with Crippen LogP contribution in [0.1, 0.15) is 57.6 Å². The highest BCUT2D eigenvalue weighted by Crippen LogP contribution is 2.47. The van der Waals surface area contributed by atoms with Crippen molar-refractivity contribution in [2.24, 2.45) is 11.3 Å². The van der Waals surface area contributed by atoms with Gasteiger partial charge in [0.25, 0.3) is 0 Å². The van der Waals surface area contributed by atoms with E-state index in [1.54, 1.807) is 11.8 Å². The van der Waals surface area contributed by atoms with E-state index in [0.29, 0.717) is 11.7 Å². The van der Waals surface area contributed by atoms with Gasteiger partial charge >= 0.3 is 0 Å². The summed E-state index contributed by atoms with van der Waals surface area (Å²) in [6, 6.07) is 8.25. The number of hydrogen-bond acceptors (Lipinski definition) is 5. The van der Waals surface area contributed by atoms with E-state index in [9.17, 15) is 9.59 Å². The Morgan fingerprint density at radius 1 is 1.14 bits per heavy atom. The summed E-state index contributed by atoms with van der Waals surface area (Å²) >= 11 is 1.70. The predicted molar refractivity (Wildman–Crippen MR) is 117 cm³/mol. The molecule has 3 N–H and O–H groups in total. The number of rotatable bonds is 3. The number of fused-ring (bicyclic) bond motifs is 1. The number of Topliss-reactive ketones (excluding diaryl/α,β-unsaturated/α-hetero) is 1. The molecule has 29 heavy (non-hydrogen) atoms. The standard InChI is InChI=1S/C23H31N3O2S/c1-12(2)29-22-25-20-19(21(28)26-22)17(14-8-6-7-13(3)9-14)18-15(24-20)10-23(4,5)11-16(18)27/h6-9,12,17,19-20,22,24-25H,10-11H2,1-5H3,(H,26,28). The Balaban J connectivity index is 1.79. The molecule has 1 amide bonds. The first-order chi connectivity index (χ1) is 13.6. The average molecular weight is 414 g/mol. The Kier molecular flexibility index (Phi) is 5.28. The maximum atomic E-state index is 13.3. The lowest BCUT2D eigenvalue weighted by Gasteiger charge is -2.49. The number of allylic oxidation sites excluding steroid dienone is 2. The quantitative estimate of drug-likeness (QED) is 0.708. The number of nitrogens with one attached hydrogen (secondary N) is 3.